The Balaban J connectivity index is 2.75. The van der Waals surface area contributed by atoms with E-state index in [0.29, 0.717) is 6.61 Å². The summed E-state index contributed by atoms with van der Waals surface area (Å²) in [4.78, 5) is 0. The van der Waals surface area contributed by atoms with E-state index in [1.807, 2.05) is 6.92 Å². The van der Waals surface area contributed by atoms with Crippen molar-refractivity contribution >= 4 is 8.60 Å². The molecule has 202 valence electrons. The van der Waals surface area contributed by atoms with E-state index in [1.54, 1.807) is 0 Å². The van der Waals surface area contributed by atoms with Gasteiger partial charge in [-0.2, -0.15) is 0 Å². The molecule has 0 heterocycles. The zero-order valence-electron chi connectivity index (χ0n) is 25.7. The van der Waals surface area contributed by atoms with Gasteiger partial charge in [0.05, 0.1) is 6.61 Å². The Morgan fingerprint density at radius 2 is 0.778 bits per heavy atom. The van der Waals surface area contributed by atoms with E-state index >= 15 is 0 Å². The normalized spacial score (nSPS) is 13.3. The largest absolute Gasteiger partial charge is 0.463 e. The molecule has 2 rings (SSSR count). The number of rotatable bonds is 6. The molecule has 0 fully saturated rings. The Morgan fingerprint density at radius 1 is 0.528 bits per heavy atom. The molecule has 0 unspecified atom stereocenters. The van der Waals surface area contributed by atoms with Crippen LogP contribution in [-0.4, -0.2) is 6.61 Å². The quantitative estimate of drug-likeness (QED) is 0.359. The maximum atomic E-state index is 6.82. The summed E-state index contributed by atoms with van der Waals surface area (Å²) >= 11 is 0. The summed E-state index contributed by atoms with van der Waals surface area (Å²) in [7, 11) is -1.69. The molecule has 0 radical (unpaired) electrons. The van der Waals surface area contributed by atoms with Crippen LogP contribution in [0.1, 0.15) is 123 Å². The fourth-order valence-corrected chi connectivity index (χ4v) is 5.34. The molecule has 4 heteroatoms. The Bertz CT molecular complexity index is 903. The van der Waals surface area contributed by atoms with Crippen LogP contribution in [0.5, 0.6) is 11.5 Å². The molecule has 0 aromatic heterocycles. The fraction of sp³-hybridized carbons (Fsp3) is 0.625. The van der Waals surface area contributed by atoms with Gasteiger partial charge in [-0.1, -0.05) is 118 Å². The van der Waals surface area contributed by atoms with Crippen LogP contribution in [0.2, 0.25) is 0 Å². The van der Waals surface area contributed by atoms with Crippen molar-refractivity contribution in [3.8, 4) is 11.5 Å². The van der Waals surface area contributed by atoms with Gasteiger partial charge in [0.25, 0.3) is 0 Å². The van der Waals surface area contributed by atoms with Crippen LogP contribution in [0.3, 0.4) is 0 Å². The summed E-state index contributed by atoms with van der Waals surface area (Å²) in [5.74, 6) is 1.78. The van der Waals surface area contributed by atoms with Crippen molar-refractivity contribution in [2.24, 2.45) is 0 Å². The molecule has 0 aliphatic heterocycles. The van der Waals surface area contributed by atoms with E-state index in [4.69, 9.17) is 13.6 Å². The molecule has 3 nitrogen and oxygen atoms in total. The predicted octanol–water partition coefficient (Wildman–Crippen LogP) is 10.2. The van der Waals surface area contributed by atoms with E-state index in [9.17, 15) is 0 Å². The molecular weight excluding hydrogens is 463 g/mol. The van der Waals surface area contributed by atoms with Gasteiger partial charge in [0.2, 0.25) is 0 Å². The molecule has 2 aromatic carbocycles. The van der Waals surface area contributed by atoms with Gasteiger partial charge in [0.15, 0.2) is 0 Å². The third kappa shape index (κ3) is 7.48. The molecule has 0 bridgehead atoms. The summed E-state index contributed by atoms with van der Waals surface area (Å²) in [6.07, 6.45) is 0. The van der Waals surface area contributed by atoms with E-state index in [0.717, 1.165) is 11.5 Å². The molecule has 36 heavy (non-hydrogen) atoms. The minimum Gasteiger partial charge on any atom is -0.417 e. The first-order chi connectivity index (χ1) is 16.2. The fourth-order valence-electron chi connectivity index (χ4n) is 4.30. The van der Waals surface area contributed by atoms with Crippen molar-refractivity contribution in [2.75, 3.05) is 6.61 Å². The van der Waals surface area contributed by atoms with Gasteiger partial charge in [-0.15, -0.1) is 0 Å². The first-order valence-electron chi connectivity index (χ1n) is 13.3. The van der Waals surface area contributed by atoms with Crippen molar-refractivity contribution in [2.45, 2.75) is 126 Å². The topological polar surface area (TPSA) is 27.7 Å². The second-order valence-corrected chi connectivity index (χ2v) is 15.3. The molecule has 2 aromatic rings. The minimum absolute atomic E-state index is 0.0917. The molecule has 0 aliphatic rings. The highest BCUT2D eigenvalue weighted by molar-refractivity contribution is 7.42. The van der Waals surface area contributed by atoms with Crippen molar-refractivity contribution in [1.82, 2.24) is 0 Å². The second-order valence-electron chi connectivity index (χ2n) is 14.2. The lowest BCUT2D eigenvalue weighted by Crippen LogP contribution is -2.21. The van der Waals surface area contributed by atoms with Gasteiger partial charge >= 0.3 is 8.60 Å². The predicted molar refractivity (Wildman–Crippen MR) is 157 cm³/mol. The number of aryl methyl sites for hydroxylation is 2. The first kappa shape index (κ1) is 30.7. The van der Waals surface area contributed by atoms with E-state index in [1.165, 1.54) is 33.4 Å². The average Bonchev–Trinajstić information content (AvgIpc) is 2.66. The average molecular weight is 515 g/mol. The Kier molecular flexibility index (Phi) is 9.08. The second kappa shape index (κ2) is 10.7. The van der Waals surface area contributed by atoms with Crippen LogP contribution in [-0.2, 0) is 26.2 Å². The molecule has 0 N–H and O–H groups in total. The molecule has 0 atom stereocenters. The Hall–Kier alpha value is -1.57. The van der Waals surface area contributed by atoms with Crippen molar-refractivity contribution < 1.29 is 13.6 Å². The van der Waals surface area contributed by atoms with Gasteiger partial charge in [0, 0.05) is 22.3 Å². The summed E-state index contributed by atoms with van der Waals surface area (Å²) in [5.41, 5.74) is 6.83. The number of benzene rings is 2. The maximum Gasteiger partial charge on any atom is 0.463 e. The molecule has 0 aliphatic carbocycles. The van der Waals surface area contributed by atoms with Gasteiger partial charge in [-0.3, -0.25) is 4.52 Å². The van der Waals surface area contributed by atoms with Crippen molar-refractivity contribution in [3.05, 3.63) is 57.6 Å². The molecule has 0 saturated heterocycles. The highest BCUT2D eigenvalue weighted by Crippen LogP contribution is 2.52. The third-order valence-corrected chi connectivity index (χ3v) is 7.40. The minimum atomic E-state index is -1.69. The zero-order chi connectivity index (χ0) is 27.9. The SMILES string of the molecule is CCOP(Oc1c(C(C)(C)C)cc(C)cc1C(C)(C)C)Oc1c(C(C)(C)C)cc(C)cc1C(C)(C)C. The lowest BCUT2D eigenvalue weighted by atomic mass is 9.78. The summed E-state index contributed by atoms with van der Waals surface area (Å²) < 4.78 is 19.8. The summed E-state index contributed by atoms with van der Waals surface area (Å²) in [5, 5.41) is 0. The summed E-state index contributed by atoms with van der Waals surface area (Å²) in [6.45, 7) is 33.7. The Labute approximate surface area is 223 Å². The highest BCUT2D eigenvalue weighted by Gasteiger charge is 2.34. The van der Waals surface area contributed by atoms with Crippen LogP contribution >= 0.6 is 8.60 Å². The molecular formula is C32H51O3P. The van der Waals surface area contributed by atoms with Crippen LogP contribution in [0, 0.1) is 13.8 Å². The Morgan fingerprint density at radius 3 is 0.972 bits per heavy atom. The standard InChI is InChI=1S/C32H51O3P/c1-16-33-36(34-27-23(29(4,5)6)17-21(2)18-24(27)30(7,8)9)35-28-25(31(10,11)12)19-22(3)20-26(28)32(13,14)15/h17-20H,16H2,1-15H3. The lowest BCUT2D eigenvalue weighted by molar-refractivity contribution is 0.273. The van der Waals surface area contributed by atoms with Crippen molar-refractivity contribution in [1.29, 1.82) is 0 Å². The van der Waals surface area contributed by atoms with Crippen LogP contribution in [0.15, 0.2) is 24.3 Å². The molecule has 0 saturated carbocycles. The van der Waals surface area contributed by atoms with E-state index < -0.39 is 8.60 Å². The van der Waals surface area contributed by atoms with Gasteiger partial charge in [-0.05, 0) is 42.4 Å². The van der Waals surface area contributed by atoms with E-state index in [-0.39, 0.29) is 21.7 Å². The van der Waals surface area contributed by atoms with E-state index in [2.05, 4.69) is 121 Å². The van der Waals surface area contributed by atoms with Gasteiger partial charge < -0.3 is 9.05 Å². The maximum absolute atomic E-state index is 6.82. The van der Waals surface area contributed by atoms with Crippen LogP contribution in [0.4, 0.5) is 0 Å². The van der Waals surface area contributed by atoms with Crippen LogP contribution < -0.4 is 9.05 Å². The van der Waals surface area contributed by atoms with Crippen LogP contribution in [0.25, 0.3) is 0 Å². The third-order valence-electron chi connectivity index (χ3n) is 6.26. The van der Waals surface area contributed by atoms with Gasteiger partial charge in [-0.25, -0.2) is 0 Å². The molecule has 0 spiro atoms. The zero-order valence-corrected chi connectivity index (χ0v) is 26.6. The van der Waals surface area contributed by atoms with Gasteiger partial charge in [0.1, 0.15) is 11.5 Å². The molecule has 0 amide bonds. The lowest BCUT2D eigenvalue weighted by Gasteiger charge is -2.33. The highest BCUT2D eigenvalue weighted by atomic mass is 31.2. The monoisotopic (exact) mass is 514 g/mol. The first-order valence-corrected chi connectivity index (χ1v) is 14.4. The van der Waals surface area contributed by atoms with Crippen molar-refractivity contribution in [3.63, 3.8) is 0 Å². The summed E-state index contributed by atoms with van der Waals surface area (Å²) in [6, 6.07) is 8.99. The smallest absolute Gasteiger partial charge is 0.417 e. The number of hydrogen-bond acceptors (Lipinski definition) is 3. The number of hydrogen-bond donors (Lipinski definition) is 0.